The Balaban J connectivity index is 1.27. The maximum atomic E-state index is 11.4. The summed E-state index contributed by atoms with van der Waals surface area (Å²) < 4.78 is 62.3. The number of aliphatic carboxylic acids is 1. The van der Waals surface area contributed by atoms with Gasteiger partial charge in [0.1, 0.15) is 0 Å². The van der Waals surface area contributed by atoms with Gasteiger partial charge in [0.25, 0.3) is 8.32 Å². The lowest BCUT2D eigenvalue weighted by molar-refractivity contribution is -0.138. The zero-order chi connectivity index (χ0) is 42.5. The van der Waals surface area contributed by atoms with E-state index in [0.717, 1.165) is 0 Å². The van der Waals surface area contributed by atoms with Gasteiger partial charge >= 0.3 is 5.97 Å². The lowest BCUT2D eigenvalue weighted by Gasteiger charge is -2.43. The molecule has 336 valence electrons. The maximum Gasteiger partial charge on any atom is 0.303 e. The number of hydrogen-bond donors (Lipinski definition) is 2. The average Bonchev–Trinajstić information content (AvgIpc) is 3.23. The van der Waals surface area contributed by atoms with Crippen LogP contribution in [0.5, 0.6) is 0 Å². The summed E-state index contributed by atoms with van der Waals surface area (Å²) in [5, 5.41) is 13.7. The minimum absolute atomic E-state index is 0.0120. The van der Waals surface area contributed by atoms with Crippen molar-refractivity contribution < 1.29 is 66.5 Å². The van der Waals surface area contributed by atoms with Crippen LogP contribution in [-0.2, 0) is 61.4 Å². The van der Waals surface area contributed by atoms with Crippen molar-refractivity contribution >= 4 is 30.6 Å². The average molecular weight is 854 g/mol. The van der Waals surface area contributed by atoms with E-state index >= 15 is 0 Å². The minimum atomic E-state index is -2.55. The van der Waals surface area contributed by atoms with Gasteiger partial charge in [-0.3, -0.25) is 9.59 Å². The SMILES string of the molecule is CC(C)(C)[Si](OCCOCCOCCOCCOCCOCCOCCOCCOCCOCCOCCCNC(=O)CCC(=O)O)(c1ccccc1)c1ccccc1. The first-order valence-electron chi connectivity index (χ1n) is 20.8. The van der Waals surface area contributed by atoms with Crippen molar-refractivity contribution in [2.24, 2.45) is 0 Å². The molecule has 0 unspecified atom stereocenters. The van der Waals surface area contributed by atoms with Crippen LogP contribution >= 0.6 is 0 Å². The Morgan fingerprint density at radius 1 is 0.475 bits per heavy atom. The summed E-state index contributed by atoms with van der Waals surface area (Å²) in [5.74, 6) is -1.25. The van der Waals surface area contributed by atoms with Gasteiger partial charge in [0.2, 0.25) is 5.91 Å². The molecule has 2 N–H and O–H groups in total. The van der Waals surface area contributed by atoms with Gasteiger partial charge in [-0.15, -0.1) is 0 Å². The molecule has 2 aromatic rings. The van der Waals surface area contributed by atoms with Crippen LogP contribution in [0.1, 0.15) is 40.0 Å². The molecule has 0 radical (unpaired) electrons. The molecule has 0 aliphatic rings. The van der Waals surface area contributed by atoms with Crippen LogP contribution in [0.2, 0.25) is 5.04 Å². The zero-order valence-corrected chi connectivity index (χ0v) is 36.7. The number of carbonyl (C=O) groups excluding carboxylic acids is 1. The van der Waals surface area contributed by atoms with Crippen LogP contribution in [0.4, 0.5) is 0 Å². The summed E-state index contributed by atoms with van der Waals surface area (Å²) in [6.45, 7) is 17.4. The van der Waals surface area contributed by atoms with Crippen molar-refractivity contribution in [3.05, 3.63) is 60.7 Å². The third-order valence-corrected chi connectivity index (χ3v) is 13.7. The molecule has 15 nitrogen and oxygen atoms in total. The van der Waals surface area contributed by atoms with Crippen molar-refractivity contribution in [1.29, 1.82) is 0 Å². The second kappa shape index (κ2) is 34.8. The lowest BCUT2D eigenvalue weighted by atomic mass is 10.2. The van der Waals surface area contributed by atoms with Crippen molar-refractivity contribution in [2.75, 3.05) is 145 Å². The largest absolute Gasteiger partial charge is 0.481 e. The van der Waals surface area contributed by atoms with E-state index in [-0.39, 0.29) is 23.8 Å². The fourth-order valence-electron chi connectivity index (χ4n) is 5.81. The molecular weight excluding hydrogens is 783 g/mol. The molecule has 0 atom stereocenters. The second-order valence-corrected chi connectivity index (χ2v) is 18.5. The molecule has 0 bridgehead atoms. The Morgan fingerprint density at radius 2 is 0.780 bits per heavy atom. The fraction of sp³-hybridized carbons (Fsp3) is 0.674. The molecular formula is C43H71NO14Si. The lowest BCUT2D eigenvalue weighted by Crippen LogP contribution is -2.66. The van der Waals surface area contributed by atoms with E-state index in [2.05, 4.69) is 74.6 Å². The summed E-state index contributed by atoms with van der Waals surface area (Å²) >= 11 is 0. The molecule has 2 aromatic carbocycles. The molecule has 16 heteroatoms. The molecule has 0 spiro atoms. The second-order valence-electron chi connectivity index (χ2n) is 14.2. The van der Waals surface area contributed by atoms with E-state index in [9.17, 15) is 9.59 Å². The van der Waals surface area contributed by atoms with Crippen LogP contribution in [-0.4, -0.2) is 171 Å². The summed E-state index contributed by atoms with van der Waals surface area (Å²) in [6, 6.07) is 21.2. The first-order valence-corrected chi connectivity index (χ1v) is 22.7. The van der Waals surface area contributed by atoms with Crippen molar-refractivity contribution in [3.63, 3.8) is 0 Å². The summed E-state index contributed by atoms with van der Waals surface area (Å²) in [4.78, 5) is 21.8. The van der Waals surface area contributed by atoms with E-state index in [1.165, 1.54) is 10.4 Å². The zero-order valence-electron chi connectivity index (χ0n) is 35.7. The topological polar surface area (TPSA) is 168 Å². The Bertz CT molecular complexity index is 1250. The highest BCUT2D eigenvalue weighted by Crippen LogP contribution is 2.36. The predicted molar refractivity (Wildman–Crippen MR) is 226 cm³/mol. The number of hydrogen-bond acceptors (Lipinski definition) is 13. The smallest absolute Gasteiger partial charge is 0.303 e. The number of amides is 1. The van der Waals surface area contributed by atoms with Crippen LogP contribution in [0.3, 0.4) is 0 Å². The van der Waals surface area contributed by atoms with Gasteiger partial charge in [-0.2, -0.15) is 0 Å². The number of benzene rings is 2. The molecule has 0 saturated heterocycles. The monoisotopic (exact) mass is 853 g/mol. The van der Waals surface area contributed by atoms with Crippen LogP contribution < -0.4 is 15.7 Å². The number of carboxylic acids is 1. The number of rotatable bonds is 40. The van der Waals surface area contributed by atoms with Crippen molar-refractivity contribution in [3.8, 4) is 0 Å². The van der Waals surface area contributed by atoms with Gasteiger partial charge in [-0.1, -0.05) is 81.4 Å². The number of carbonyl (C=O) groups is 2. The molecule has 2 rings (SSSR count). The molecule has 0 heterocycles. The Morgan fingerprint density at radius 3 is 1.08 bits per heavy atom. The van der Waals surface area contributed by atoms with E-state index in [1.54, 1.807) is 0 Å². The van der Waals surface area contributed by atoms with E-state index in [0.29, 0.717) is 152 Å². The molecule has 1 amide bonds. The first kappa shape index (κ1) is 52.3. The van der Waals surface area contributed by atoms with Crippen molar-refractivity contribution in [2.45, 2.75) is 45.1 Å². The van der Waals surface area contributed by atoms with Gasteiger partial charge < -0.3 is 62.2 Å². The first-order chi connectivity index (χ1) is 28.8. The van der Waals surface area contributed by atoms with Gasteiger partial charge in [-0.25, -0.2) is 0 Å². The highest BCUT2D eigenvalue weighted by Gasteiger charge is 2.50. The molecule has 0 aromatic heterocycles. The fourth-order valence-corrected chi connectivity index (χ4v) is 10.4. The Kier molecular flexibility index (Phi) is 30.9. The van der Waals surface area contributed by atoms with E-state index in [4.69, 9.17) is 56.9 Å². The molecule has 0 fully saturated rings. The quantitative estimate of drug-likeness (QED) is 0.0742. The Hall–Kier alpha value is -2.84. The highest BCUT2D eigenvalue weighted by molar-refractivity contribution is 6.99. The van der Waals surface area contributed by atoms with Gasteiger partial charge in [0, 0.05) is 19.6 Å². The Labute approximate surface area is 352 Å². The number of carboxylic acid groups (broad SMARTS) is 1. The maximum absolute atomic E-state index is 11.4. The molecule has 0 aliphatic carbocycles. The third kappa shape index (κ3) is 25.5. The van der Waals surface area contributed by atoms with Crippen LogP contribution in [0, 0.1) is 0 Å². The van der Waals surface area contributed by atoms with Gasteiger partial charge in [-0.05, 0) is 21.8 Å². The summed E-state index contributed by atoms with van der Waals surface area (Å²) in [7, 11) is -2.55. The molecule has 0 aliphatic heterocycles. The number of nitrogens with one attached hydrogen (secondary N) is 1. The van der Waals surface area contributed by atoms with Crippen molar-refractivity contribution in [1.82, 2.24) is 5.32 Å². The highest BCUT2D eigenvalue weighted by atomic mass is 28.4. The predicted octanol–water partition coefficient (Wildman–Crippen LogP) is 3.10. The van der Waals surface area contributed by atoms with Crippen LogP contribution in [0.15, 0.2) is 60.7 Å². The van der Waals surface area contributed by atoms with E-state index < -0.39 is 14.3 Å². The third-order valence-electron chi connectivity index (χ3n) is 8.66. The van der Waals surface area contributed by atoms with E-state index in [1.807, 2.05) is 12.1 Å². The van der Waals surface area contributed by atoms with Gasteiger partial charge in [0.15, 0.2) is 0 Å². The normalized spacial score (nSPS) is 11.9. The standard InChI is InChI=1S/C43H71NO14Si/c1-43(2,3)59(39-11-6-4-7-12-39,40-13-8-5-9-14-40)58-38-37-57-36-35-56-34-33-55-32-31-54-30-29-53-28-27-52-26-25-51-24-23-50-22-21-49-20-19-48-18-10-17-44-41(45)15-16-42(46)47/h4-9,11-14H,10,15-38H2,1-3H3,(H,44,45)(H,46,47). The molecule has 0 saturated carbocycles. The molecule has 59 heavy (non-hydrogen) atoms. The minimum Gasteiger partial charge on any atom is -0.481 e. The summed E-state index contributed by atoms with van der Waals surface area (Å²) in [5.41, 5.74) is 0. The summed E-state index contributed by atoms with van der Waals surface area (Å²) in [6.07, 6.45) is 0.472. The van der Waals surface area contributed by atoms with Crippen LogP contribution in [0.25, 0.3) is 0 Å². The van der Waals surface area contributed by atoms with Gasteiger partial charge in [0.05, 0.1) is 139 Å². The number of ether oxygens (including phenoxy) is 10.